The van der Waals surface area contributed by atoms with E-state index >= 15 is 0 Å². The van der Waals surface area contributed by atoms with Gasteiger partial charge in [-0.2, -0.15) is 5.01 Å². The fraction of sp³-hybridized carbons (Fsp3) is 0.0645. The predicted octanol–water partition coefficient (Wildman–Crippen LogP) is 4.27. The molecule has 15 nitrogen and oxygen atoms in total. The molecule has 0 saturated carbocycles. The Morgan fingerprint density at radius 1 is 0.761 bits per heavy atom. The van der Waals surface area contributed by atoms with Gasteiger partial charge in [0.2, 0.25) is 0 Å². The number of non-ortho nitro benzene ring substituents is 1. The predicted molar refractivity (Wildman–Crippen MR) is 156 cm³/mol. The number of imide groups is 1. The molecule has 0 radical (unpaired) electrons. The standard InChI is InChI=1S/C31H20N4O11/c1-45-23-5-2-4-20(16-23)31(40)46-22-14-10-18(11-15-22)26(36)17-32(28(37)19-8-12-21(13-9-19)34(41)42)33-29(38)24-6-3-7-25(35(43)44)27(24)30(33)39/h2-16H,17H2,1H3. The zero-order chi connectivity index (χ0) is 33.1. The maximum absolute atomic E-state index is 13.7. The zero-order valence-corrected chi connectivity index (χ0v) is 23.6. The summed E-state index contributed by atoms with van der Waals surface area (Å²) in [5, 5.41) is 23.5. The first-order valence-electron chi connectivity index (χ1n) is 13.2. The normalized spacial score (nSPS) is 11.9. The van der Waals surface area contributed by atoms with Crippen LogP contribution in [0.5, 0.6) is 11.5 Å². The van der Waals surface area contributed by atoms with Gasteiger partial charge < -0.3 is 9.47 Å². The Bertz CT molecular complexity index is 1940. The maximum Gasteiger partial charge on any atom is 0.343 e. The molecule has 0 unspecified atom stereocenters. The van der Waals surface area contributed by atoms with E-state index in [9.17, 15) is 44.2 Å². The van der Waals surface area contributed by atoms with E-state index in [0.29, 0.717) is 15.8 Å². The molecule has 0 atom stereocenters. The van der Waals surface area contributed by atoms with Gasteiger partial charge in [0.1, 0.15) is 23.6 Å². The van der Waals surface area contributed by atoms with E-state index in [0.717, 1.165) is 30.3 Å². The molecular weight excluding hydrogens is 604 g/mol. The van der Waals surface area contributed by atoms with Crippen molar-refractivity contribution in [1.29, 1.82) is 0 Å². The van der Waals surface area contributed by atoms with Crippen LogP contribution in [-0.4, -0.2) is 63.0 Å². The van der Waals surface area contributed by atoms with Gasteiger partial charge in [-0.3, -0.25) is 39.4 Å². The Balaban J connectivity index is 1.43. The molecule has 230 valence electrons. The van der Waals surface area contributed by atoms with Crippen LogP contribution >= 0.6 is 0 Å². The first-order chi connectivity index (χ1) is 22.0. The lowest BCUT2D eigenvalue weighted by Crippen LogP contribution is -2.51. The van der Waals surface area contributed by atoms with Crippen LogP contribution in [0, 0.1) is 20.2 Å². The number of benzene rings is 4. The van der Waals surface area contributed by atoms with Gasteiger partial charge in [0, 0.05) is 29.3 Å². The van der Waals surface area contributed by atoms with Crippen molar-refractivity contribution in [2.24, 2.45) is 0 Å². The minimum absolute atomic E-state index is 0.00901. The fourth-order valence-corrected chi connectivity index (χ4v) is 4.59. The summed E-state index contributed by atoms with van der Waals surface area (Å²) in [6.07, 6.45) is 0. The third-order valence-electron chi connectivity index (χ3n) is 6.85. The van der Waals surface area contributed by atoms with Crippen LogP contribution in [0.4, 0.5) is 11.4 Å². The van der Waals surface area contributed by atoms with Gasteiger partial charge >= 0.3 is 5.97 Å². The third-order valence-corrected chi connectivity index (χ3v) is 6.85. The molecule has 3 amide bonds. The second-order valence-electron chi connectivity index (χ2n) is 9.61. The van der Waals surface area contributed by atoms with Gasteiger partial charge in [0.15, 0.2) is 5.78 Å². The topological polar surface area (TPSA) is 197 Å². The summed E-state index contributed by atoms with van der Waals surface area (Å²) < 4.78 is 10.4. The average Bonchev–Trinajstić information content (AvgIpc) is 3.32. The molecule has 1 aliphatic rings. The summed E-state index contributed by atoms with van der Waals surface area (Å²) >= 11 is 0. The molecule has 15 heteroatoms. The smallest absolute Gasteiger partial charge is 0.343 e. The number of hydrogen-bond donors (Lipinski definition) is 0. The van der Waals surface area contributed by atoms with Gasteiger partial charge in [0.05, 0.1) is 28.1 Å². The number of fused-ring (bicyclic) bond motifs is 1. The lowest BCUT2D eigenvalue weighted by molar-refractivity contribution is -0.385. The molecule has 0 bridgehead atoms. The van der Waals surface area contributed by atoms with E-state index < -0.39 is 57.1 Å². The highest BCUT2D eigenvalue weighted by Crippen LogP contribution is 2.32. The zero-order valence-electron chi connectivity index (χ0n) is 23.6. The van der Waals surface area contributed by atoms with E-state index in [1.807, 2.05) is 0 Å². The van der Waals surface area contributed by atoms with Crippen LogP contribution in [0.25, 0.3) is 0 Å². The molecule has 46 heavy (non-hydrogen) atoms. The molecule has 0 spiro atoms. The van der Waals surface area contributed by atoms with E-state index in [4.69, 9.17) is 9.47 Å². The second-order valence-corrected chi connectivity index (χ2v) is 9.61. The quantitative estimate of drug-likeness (QED) is 0.0610. The molecule has 0 fully saturated rings. The van der Waals surface area contributed by atoms with Crippen LogP contribution in [-0.2, 0) is 0 Å². The summed E-state index contributed by atoms with van der Waals surface area (Å²) in [5.74, 6) is -4.32. The summed E-state index contributed by atoms with van der Waals surface area (Å²) in [6.45, 7) is -0.891. The summed E-state index contributed by atoms with van der Waals surface area (Å²) in [7, 11) is 1.44. The number of esters is 1. The molecule has 0 saturated heterocycles. The molecule has 0 N–H and O–H groups in total. The van der Waals surface area contributed by atoms with Crippen LogP contribution in [0.1, 0.15) is 51.8 Å². The molecule has 0 aromatic heterocycles. The number of Topliss-reactive ketones (excluding diaryl/α,β-unsaturated/α-hetero) is 1. The molecule has 4 aromatic rings. The van der Waals surface area contributed by atoms with Crippen molar-refractivity contribution in [3.63, 3.8) is 0 Å². The SMILES string of the molecule is COc1cccc(C(=O)Oc2ccc(C(=O)CN(C(=O)c3ccc([N+](=O)[O-])cc3)N3C(=O)c4cccc([N+](=O)[O-])c4C3=O)cc2)c1. The number of hydrazine groups is 1. The highest BCUT2D eigenvalue weighted by Gasteiger charge is 2.46. The second kappa shape index (κ2) is 12.5. The number of methoxy groups -OCH3 is 1. The van der Waals surface area contributed by atoms with Crippen molar-refractivity contribution in [2.45, 2.75) is 0 Å². The molecular formula is C31H20N4O11. The van der Waals surface area contributed by atoms with E-state index in [-0.39, 0.29) is 33.7 Å². The summed E-state index contributed by atoms with van der Waals surface area (Å²) in [6, 6.07) is 19.0. The Morgan fingerprint density at radius 2 is 1.41 bits per heavy atom. The highest BCUT2D eigenvalue weighted by atomic mass is 16.6. The Kier molecular flexibility index (Phi) is 8.31. The number of carbonyl (C=O) groups is 5. The summed E-state index contributed by atoms with van der Waals surface area (Å²) in [5.41, 5.74) is -1.95. The minimum Gasteiger partial charge on any atom is -0.497 e. The van der Waals surface area contributed by atoms with Gasteiger partial charge in [-0.1, -0.05) is 12.1 Å². The van der Waals surface area contributed by atoms with Crippen LogP contribution < -0.4 is 9.47 Å². The number of rotatable bonds is 10. The monoisotopic (exact) mass is 624 g/mol. The lowest BCUT2D eigenvalue weighted by atomic mass is 10.1. The van der Waals surface area contributed by atoms with Crippen molar-refractivity contribution in [2.75, 3.05) is 13.7 Å². The molecule has 4 aromatic carbocycles. The number of nitrogens with zero attached hydrogens (tertiary/aromatic N) is 4. The number of nitro groups is 2. The minimum atomic E-state index is -1.21. The van der Waals surface area contributed by atoms with Crippen molar-refractivity contribution in [1.82, 2.24) is 10.0 Å². The number of ether oxygens (including phenoxy) is 2. The van der Waals surface area contributed by atoms with E-state index in [2.05, 4.69) is 0 Å². The van der Waals surface area contributed by atoms with Crippen molar-refractivity contribution < 1.29 is 43.3 Å². The van der Waals surface area contributed by atoms with Crippen LogP contribution in [0.15, 0.2) is 91.0 Å². The lowest BCUT2D eigenvalue weighted by Gasteiger charge is -2.29. The number of ketones is 1. The van der Waals surface area contributed by atoms with Crippen LogP contribution in [0.2, 0.25) is 0 Å². The van der Waals surface area contributed by atoms with Gasteiger partial charge in [-0.05, 0) is 60.7 Å². The third kappa shape index (κ3) is 5.87. The maximum atomic E-state index is 13.7. The Labute approximate surface area is 258 Å². The van der Waals surface area contributed by atoms with Crippen molar-refractivity contribution >= 4 is 40.8 Å². The molecule has 0 aliphatic carbocycles. The van der Waals surface area contributed by atoms with Crippen molar-refractivity contribution in [3.8, 4) is 11.5 Å². The number of nitro benzene ring substituents is 2. The number of hydrogen-bond acceptors (Lipinski definition) is 11. The molecule has 1 aliphatic heterocycles. The first-order valence-corrected chi connectivity index (χ1v) is 13.2. The Morgan fingerprint density at radius 3 is 2.04 bits per heavy atom. The van der Waals surface area contributed by atoms with Gasteiger partial charge in [0.25, 0.3) is 29.1 Å². The largest absolute Gasteiger partial charge is 0.497 e. The first kappa shape index (κ1) is 30.7. The molecule has 5 rings (SSSR count). The fourth-order valence-electron chi connectivity index (χ4n) is 4.59. The summed E-state index contributed by atoms with van der Waals surface area (Å²) in [4.78, 5) is 87.5. The van der Waals surface area contributed by atoms with Gasteiger partial charge in [-0.25, -0.2) is 9.80 Å². The Hall–Kier alpha value is -6.77. The average molecular weight is 625 g/mol. The molecule has 1 heterocycles. The number of carbonyl (C=O) groups excluding carboxylic acids is 5. The highest BCUT2D eigenvalue weighted by molar-refractivity contribution is 6.24. The van der Waals surface area contributed by atoms with Crippen molar-refractivity contribution in [3.05, 3.63) is 139 Å². The van der Waals surface area contributed by atoms with Gasteiger partial charge in [-0.15, -0.1) is 0 Å². The van der Waals surface area contributed by atoms with E-state index in [1.165, 1.54) is 55.6 Å². The van der Waals surface area contributed by atoms with Crippen LogP contribution in [0.3, 0.4) is 0 Å². The van der Waals surface area contributed by atoms with E-state index in [1.54, 1.807) is 12.1 Å². The number of amides is 3.